The average Bonchev–Trinajstić information content (AvgIpc) is 3.17. The molecule has 4 atom stereocenters. The number of hydrogen-bond donors (Lipinski definition) is 1. The number of esters is 1. The fourth-order valence-electron chi connectivity index (χ4n) is 6.17. The average molecular weight is 366 g/mol. The maximum absolute atomic E-state index is 11.6. The van der Waals surface area contributed by atoms with Gasteiger partial charge >= 0.3 is 5.97 Å². The second kappa shape index (κ2) is 5.85. The topological polar surface area (TPSA) is 64.4 Å². The number of carbonyl (C=O) groups is 1. The summed E-state index contributed by atoms with van der Waals surface area (Å²) in [4.78, 5) is 11.6. The number of aromatic hydroxyl groups is 1. The summed E-state index contributed by atoms with van der Waals surface area (Å²) in [5.41, 5.74) is 5.40. The Kier molecular flexibility index (Phi) is 3.65. The van der Waals surface area contributed by atoms with Gasteiger partial charge in [-0.2, -0.15) is 5.10 Å². The number of rotatable bonds is 2. The molecule has 3 unspecified atom stereocenters. The molecule has 0 saturated heterocycles. The molecule has 0 radical (unpaired) electrons. The van der Waals surface area contributed by atoms with Crippen molar-refractivity contribution in [2.75, 3.05) is 7.11 Å². The molecule has 1 aromatic carbocycles. The predicted molar refractivity (Wildman–Crippen MR) is 101 cm³/mol. The van der Waals surface area contributed by atoms with E-state index in [0.29, 0.717) is 23.5 Å². The quantitative estimate of drug-likeness (QED) is 0.828. The molecule has 1 heterocycles. The Balaban J connectivity index is 1.45. The Hall–Kier alpha value is -2.30. The van der Waals surface area contributed by atoms with Crippen LogP contribution in [0.4, 0.5) is 0 Å². The smallest absolute Gasteiger partial charge is 0.327 e. The number of phenolic OH excluding ortho intramolecular Hbond substituents is 1. The van der Waals surface area contributed by atoms with Gasteiger partial charge in [0.15, 0.2) is 0 Å². The predicted octanol–water partition coefficient (Wildman–Crippen LogP) is 3.33. The highest BCUT2D eigenvalue weighted by Gasteiger charge is 2.54. The molecule has 1 N–H and O–H groups in total. The molecule has 2 aromatic rings. The number of benzene rings is 1. The lowest BCUT2D eigenvalue weighted by Crippen LogP contribution is -2.43. The van der Waals surface area contributed by atoms with E-state index < -0.39 is 0 Å². The zero-order valence-corrected chi connectivity index (χ0v) is 15.9. The van der Waals surface area contributed by atoms with E-state index in [1.165, 1.54) is 42.3 Å². The Labute approximate surface area is 159 Å². The van der Waals surface area contributed by atoms with Gasteiger partial charge in [0.05, 0.1) is 12.8 Å². The molecular weight excluding hydrogens is 340 g/mol. The van der Waals surface area contributed by atoms with Crippen molar-refractivity contribution in [3.8, 4) is 5.75 Å². The minimum absolute atomic E-state index is 0.103. The lowest BCUT2D eigenvalue weighted by molar-refractivity contribution is -0.141. The summed E-state index contributed by atoms with van der Waals surface area (Å²) in [6.45, 7) is 2.56. The van der Waals surface area contributed by atoms with Gasteiger partial charge in [-0.05, 0) is 78.7 Å². The molecule has 5 rings (SSSR count). The van der Waals surface area contributed by atoms with Gasteiger partial charge in [-0.15, -0.1) is 0 Å². The maximum atomic E-state index is 11.6. The highest BCUT2D eigenvalue weighted by atomic mass is 16.5. The third-order valence-corrected chi connectivity index (χ3v) is 7.44. The van der Waals surface area contributed by atoms with Gasteiger partial charge in [0, 0.05) is 11.6 Å². The Morgan fingerprint density at radius 2 is 2.22 bits per heavy atom. The number of hydrogen-bond acceptors (Lipinski definition) is 4. The first kappa shape index (κ1) is 16.8. The van der Waals surface area contributed by atoms with Crippen LogP contribution in [0.15, 0.2) is 24.4 Å². The minimum Gasteiger partial charge on any atom is -0.508 e. The molecule has 5 heteroatoms. The first-order valence-corrected chi connectivity index (χ1v) is 9.95. The zero-order chi connectivity index (χ0) is 18.8. The highest BCUT2D eigenvalue weighted by Crippen LogP contribution is 2.59. The molecule has 142 valence electrons. The lowest BCUT2D eigenvalue weighted by atomic mass is 9.55. The molecule has 0 aliphatic heterocycles. The molecule has 3 aliphatic rings. The minimum atomic E-state index is -0.256. The summed E-state index contributed by atoms with van der Waals surface area (Å²) in [7, 11) is 1.42. The van der Waals surface area contributed by atoms with Gasteiger partial charge in [-0.3, -0.25) is 9.48 Å². The number of aromatic nitrogens is 2. The van der Waals surface area contributed by atoms with Gasteiger partial charge in [0.25, 0.3) is 0 Å². The van der Waals surface area contributed by atoms with Crippen LogP contribution in [0.3, 0.4) is 0 Å². The zero-order valence-electron chi connectivity index (χ0n) is 15.9. The second-order valence-electron chi connectivity index (χ2n) is 8.74. The van der Waals surface area contributed by atoms with E-state index in [1.807, 2.05) is 12.1 Å². The summed E-state index contributed by atoms with van der Waals surface area (Å²) in [6.07, 6.45) is 7.65. The van der Waals surface area contributed by atoms with Gasteiger partial charge < -0.3 is 9.84 Å². The molecule has 0 spiro atoms. The number of phenols is 1. The molecular formula is C22H26N2O3. The molecule has 1 fully saturated rings. The van der Waals surface area contributed by atoms with Gasteiger partial charge in [0.1, 0.15) is 12.3 Å². The summed E-state index contributed by atoms with van der Waals surface area (Å²) in [5, 5.41) is 14.6. The fourth-order valence-corrected chi connectivity index (χ4v) is 6.17. The molecule has 5 nitrogen and oxygen atoms in total. The lowest BCUT2D eigenvalue weighted by Gasteiger charge is -2.49. The van der Waals surface area contributed by atoms with E-state index in [0.717, 1.165) is 19.3 Å². The Morgan fingerprint density at radius 3 is 3.04 bits per heavy atom. The van der Waals surface area contributed by atoms with E-state index in [2.05, 4.69) is 19.2 Å². The molecule has 1 saturated carbocycles. The van der Waals surface area contributed by atoms with Crippen LogP contribution < -0.4 is 0 Å². The number of nitrogens with zero attached hydrogens (tertiary/aromatic N) is 2. The second-order valence-corrected chi connectivity index (χ2v) is 8.74. The SMILES string of the molecule is COC(=O)Cn1cc2c(n1)[C@@]1(C)CCC3c4ccc(O)cc4CCC3C1C2. The number of fused-ring (bicyclic) bond motifs is 7. The monoisotopic (exact) mass is 366 g/mol. The Bertz CT molecular complexity index is 918. The van der Waals surface area contributed by atoms with Crippen molar-refractivity contribution in [2.24, 2.45) is 11.8 Å². The molecule has 3 aliphatic carbocycles. The van der Waals surface area contributed by atoms with Crippen LogP contribution in [0.2, 0.25) is 0 Å². The molecule has 1 aromatic heterocycles. The van der Waals surface area contributed by atoms with E-state index in [-0.39, 0.29) is 17.9 Å². The van der Waals surface area contributed by atoms with Gasteiger partial charge in [0.2, 0.25) is 0 Å². The van der Waals surface area contributed by atoms with E-state index in [9.17, 15) is 9.90 Å². The number of carbonyl (C=O) groups excluding carboxylic acids is 1. The van der Waals surface area contributed by atoms with Crippen molar-refractivity contribution < 1.29 is 14.6 Å². The number of methoxy groups -OCH3 is 1. The van der Waals surface area contributed by atoms with Crippen LogP contribution >= 0.6 is 0 Å². The van der Waals surface area contributed by atoms with Crippen molar-refractivity contribution >= 4 is 5.97 Å². The normalized spacial score (nSPS) is 30.8. The van der Waals surface area contributed by atoms with Crippen molar-refractivity contribution in [3.05, 3.63) is 46.8 Å². The van der Waals surface area contributed by atoms with Crippen molar-refractivity contribution in [1.29, 1.82) is 0 Å². The fraction of sp³-hybridized carbons (Fsp3) is 0.545. The van der Waals surface area contributed by atoms with E-state index in [1.54, 1.807) is 4.68 Å². The summed E-state index contributed by atoms with van der Waals surface area (Å²) in [6, 6.07) is 5.95. The molecule has 0 amide bonds. The summed E-state index contributed by atoms with van der Waals surface area (Å²) < 4.78 is 6.53. The molecule has 27 heavy (non-hydrogen) atoms. The summed E-state index contributed by atoms with van der Waals surface area (Å²) >= 11 is 0. The van der Waals surface area contributed by atoms with Gasteiger partial charge in [-0.1, -0.05) is 13.0 Å². The van der Waals surface area contributed by atoms with Crippen LogP contribution in [0, 0.1) is 11.8 Å². The third-order valence-electron chi connectivity index (χ3n) is 7.44. The number of aryl methyl sites for hydroxylation is 1. The highest BCUT2D eigenvalue weighted by molar-refractivity contribution is 5.68. The first-order chi connectivity index (χ1) is 13.0. The van der Waals surface area contributed by atoms with Crippen LogP contribution in [-0.2, 0) is 34.3 Å². The Morgan fingerprint density at radius 1 is 1.37 bits per heavy atom. The van der Waals surface area contributed by atoms with Crippen molar-refractivity contribution in [3.63, 3.8) is 0 Å². The van der Waals surface area contributed by atoms with Crippen molar-refractivity contribution in [2.45, 2.75) is 56.9 Å². The standard InChI is InChI=1S/C22H26N2O3/c1-22-8-7-17-16-6-4-15(25)9-13(16)3-5-18(17)19(22)10-14-11-24(23-21(14)22)12-20(26)27-2/h4,6,9,11,17-19,25H,3,5,7-8,10,12H2,1-2H3/t17?,18?,19?,22-/m0/s1. The van der Waals surface area contributed by atoms with Crippen molar-refractivity contribution in [1.82, 2.24) is 9.78 Å². The largest absolute Gasteiger partial charge is 0.508 e. The van der Waals surface area contributed by atoms with E-state index in [4.69, 9.17) is 9.84 Å². The third kappa shape index (κ3) is 2.43. The van der Waals surface area contributed by atoms with Crippen LogP contribution in [-0.4, -0.2) is 28.0 Å². The van der Waals surface area contributed by atoms with Crippen LogP contribution in [0.5, 0.6) is 5.75 Å². The summed E-state index contributed by atoms with van der Waals surface area (Å²) in [5.74, 6) is 2.01. The molecule has 0 bridgehead atoms. The number of ether oxygens (including phenoxy) is 1. The van der Waals surface area contributed by atoms with Crippen LogP contribution in [0.1, 0.15) is 54.5 Å². The van der Waals surface area contributed by atoms with Gasteiger partial charge in [-0.25, -0.2) is 0 Å². The van der Waals surface area contributed by atoms with E-state index >= 15 is 0 Å². The maximum Gasteiger partial charge on any atom is 0.327 e. The first-order valence-electron chi connectivity index (χ1n) is 9.95. The van der Waals surface area contributed by atoms with Crippen LogP contribution in [0.25, 0.3) is 0 Å².